The second-order valence-electron chi connectivity index (χ2n) is 5.46. The Labute approximate surface area is 113 Å². The molecule has 94 valence electrons. The minimum atomic E-state index is 0.787. The van der Waals surface area contributed by atoms with Crippen LogP contribution >= 0.6 is 15.9 Å². The smallest absolute Gasteiger partial charge is 0.0233 e. The summed E-state index contributed by atoms with van der Waals surface area (Å²) in [5, 5.41) is 0. The van der Waals surface area contributed by atoms with Crippen molar-refractivity contribution in [1.82, 2.24) is 4.90 Å². The lowest BCUT2D eigenvalue weighted by atomic mass is 9.86. The predicted octanol–water partition coefficient (Wildman–Crippen LogP) is 4.46. The summed E-state index contributed by atoms with van der Waals surface area (Å²) in [6.07, 6.45) is 5.53. The Bertz CT molecular complexity index is 338. The van der Waals surface area contributed by atoms with E-state index >= 15 is 0 Å². The van der Waals surface area contributed by atoms with Crippen LogP contribution in [0.2, 0.25) is 0 Å². The molecule has 0 radical (unpaired) electrons. The van der Waals surface area contributed by atoms with Crippen molar-refractivity contribution >= 4 is 15.9 Å². The third kappa shape index (κ3) is 3.82. The molecule has 1 nitrogen and oxygen atoms in total. The van der Waals surface area contributed by atoms with Crippen molar-refractivity contribution in [3.63, 3.8) is 0 Å². The van der Waals surface area contributed by atoms with E-state index < -0.39 is 0 Å². The maximum absolute atomic E-state index is 3.48. The number of nitrogens with zero attached hydrogens (tertiary/aromatic N) is 1. The number of halogens is 1. The Morgan fingerprint density at radius 1 is 1.12 bits per heavy atom. The third-order valence-corrected chi connectivity index (χ3v) is 4.48. The van der Waals surface area contributed by atoms with Gasteiger partial charge in [0.05, 0.1) is 0 Å². The van der Waals surface area contributed by atoms with Crippen LogP contribution in [0.4, 0.5) is 0 Å². The molecule has 0 aromatic heterocycles. The lowest BCUT2D eigenvalue weighted by molar-refractivity contribution is 0.164. The summed E-state index contributed by atoms with van der Waals surface area (Å²) in [6, 6.07) is 9.48. The summed E-state index contributed by atoms with van der Waals surface area (Å²) in [6.45, 7) is 3.46. The topological polar surface area (TPSA) is 3.24 Å². The molecule has 1 aliphatic carbocycles. The van der Waals surface area contributed by atoms with Gasteiger partial charge in [-0.2, -0.15) is 0 Å². The Morgan fingerprint density at radius 3 is 2.29 bits per heavy atom. The van der Waals surface area contributed by atoms with Gasteiger partial charge in [0.2, 0.25) is 0 Å². The van der Waals surface area contributed by atoms with Crippen molar-refractivity contribution in [3.8, 4) is 0 Å². The van der Waals surface area contributed by atoms with Gasteiger partial charge in [0.1, 0.15) is 0 Å². The maximum Gasteiger partial charge on any atom is 0.0233 e. The van der Waals surface area contributed by atoms with Gasteiger partial charge in [-0.25, -0.2) is 0 Å². The first-order valence-corrected chi connectivity index (χ1v) is 7.39. The van der Waals surface area contributed by atoms with E-state index in [-0.39, 0.29) is 0 Å². The normalized spacial score (nSPS) is 25.2. The van der Waals surface area contributed by atoms with Crippen LogP contribution in [-0.4, -0.2) is 18.0 Å². The summed E-state index contributed by atoms with van der Waals surface area (Å²) < 4.78 is 1.16. The fraction of sp³-hybridized carbons (Fsp3) is 0.600. The molecule has 0 aliphatic heterocycles. The van der Waals surface area contributed by atoms with Gasteiger partial charge < -0.3 is 0 Å². The minimum Gasteiger partial charge on any atom is -0.299 e. The van der Waals surface area contributed by atoms with E-state index in [1.54, 1.807) is 0 Å². The van der Waals surface area contributed by atoms with Crippen molar-refractivity contribution in [2.24, 2.45) is 5.92 Å². The largest absolute Gasteiger partial charge is 0.299 e. The van der Waals surface area contributed by atoms with Crippen molar-refractivity contribution in [1.29, 1.82) is 0 Å². The van der Waals surface area contributed by atoms with Crippen LogP contribution in [0.15, 0.2) is 28.7 Å². The molecule has 0 unspecified atom stereocenters. The van der Waals surface area contributed by atoms with Crippen LogP contribution in [0.3, 0.4) is 0 Å². The summed E-state index contributed by atoms with van der Waals surface area (Å²) in [5.74, 6) is 0.937. The standard InChI is InChI=1S/C15H22BrN/c1-12-3-9-15(10-4-12)17(2)11-13-5-7-14(16)8-6-13/h5-8,12,15H,3-4,9-11H2,1-2H3. The average molecular weight is 296 g/mol. The van der Waals surface area contributed by atoms with Crippen molar-refractivity contribution in [2.45, 2.75) is 45.2 Å². The van der Waals surface area contributed by atoms with E-state index in [0.717, 1.165) is 23.0 Å². The zero-order chi connectivity index (χ0) is 12.3. The van der Waals surface area contributed by atoms with Crippen LogP contribution in [0.5, 0.6) is 0 Å². The molecule has 0 N–H and O–H groups in total. The van der Waals surface area contributed by atoms with Crippen molar-refractivity contribution in [2.75, 3.05) is 7.05 Å². The second kappa shape index (κ2) is 6.01. The molecule has 0 saturated heterocycles. The lowest BCUT2D eigenvalue weighted by Gasteiger charge is -2.33. The zero-order valence-electron chi connectivity index (χ0n) is 10.8. The summed E-state index contributed by atoms with van der Waals surface area (Å²) >= 11 is 3.48. The van der Waals surface area contributed by atoms with Gasteiger partial charge >= 0.3 is 0 Å². The quantitative estimate of drug-likeness (QED) is 0.796. The summed E-state index contributed by atoms with van der Waals surface area (Å²) in [5.41, 5.74) is 1.41. The van der Waals surface area contributed by atoms with E-state index in [9.17, 15) is 0 Å². The number of benzene rings is 1. The second-order valence-corrected chi connectivity index (χ2v) is 6.37. The monoisotopic (exact) mass is 295 g/mol. The molecular weight excluding hydrogens is 274 g/mol. The predicted molar refractivity (Wildman–Crippen MR) is 77.0 cm³/mol. The highest BCUT2D eigenvalue weighted by Crippen LogP contribution is 2.27. The van der Waals surface area contributed by atoms with Gasteiger partial charge in [-0.15, -0.1) is 0 Å². The van der Waals surface area contributed by atoms with E-state index in [2.05, 4.69) is 59.1 Å². The highest BCUT2D eigenvalue weighted by molar-refractivity contribution is 9.10. The SMILES string of the molecule is CC1CCC(N(C)Cc2ccc(Br)cc2)CC1. The number of hydrogen-bond donors (Lipinski definition) is 0. The zero-order valence-corrected chi connectivity index (χ0v) is 12.4. The highest BCUT2D eigenvalue weighted by Gasteiger charge is 2.21. The molecule has 1 aromatic rings. The van der Waals surface area contributed by atoms with Crippen molar-refractivity contribution < 1.29 is 0 Å². The Balaban J connectivity index is 1.88. The van der Waals surface area contributed by atoms with Gasteiger partial charge in [0, 0.05) is 17.1 Å². The van der Waals surface area contributed by atoms with E-state index in [0.29, 0.717) is 0 Å². The van der Waals surface area contributed by atoms with Gasteiger partial charge in [-0.1, -0.05) is 35.0 Å². The van der Waals surface area contributed by atoms with Crippen LogP contribution < -0.4 is 0 Å². The molecule has 0 spiro atoms. The number of hydrogen-bond acceptors (Lipinski definition) is 1. The van der Waals surface area contributed by atoms with Gasteiger partial charge in [-0.3, -0.25) is 4.90 Å². The van der Waals surface area contributed by atoms with Crippen LogP contribution in [0.25, 0.3) is 0 Å². The fourth-order valence-electron chi connectivity index (χ4n) is 2.69. The lowest BCUT2D eigenvalue weighted by Crippen LogP contribution is -2.34. The number of rotatable bonds is 3. The molecule has 0 heterocycles. The third-order valence-electron chi connectivity index (χ3n) is 3.95. The molecule has 0 atom stereocenters. The molecule has 1 fully saturated rings. The van der Waals surface area contributed by atoms with Crippen LogP contribution in [0.1, 0.15) is 38.2 Å². The molecule has 2 rings (SSSR count). The van der Waals surface area contributed by atoms with Crippen LogP contribution in [-0.2, 0) is 6.54 Å². The molecule has 17 heavy (non-hydrogen) atoms. The highest BCUT2D eigenvalue weighted by atomic mass is 79.9. The molecule has 0 bridgehead atoms. The van der Waals surface area contributed by atoms with Gasteiger partial charge in [0.25, 0.3) is 0 Å². The Kier molecular flexibility index (Phi) is 4.63. The molecular formula is C15H22BrN. The fourth-order valence-corrected chi connectivity index (χ4v) is 2.95. The Hall–Kier alpha value is -0.340. The van der Waals surface area contributed by atoms with Crippen molar-refractivity contribution in [3.05, 3.63) is 34.3 Å². The molecule has 0 amide bonds. The Morgan fingerprint density at radius 2 is 1.71 bits per heavy atom. The molecule has 1 aromatic carbocycles. The molecule has 1 saturated carbocycles. The minimum absolute atomic E-state index is 0.787. The molecule has 1 aliphatic rings. The van der Waals surface area contributed by atoms with Gasteiger partial charge in [-0.05, 0) is 56.3 Å². The first kappa shape index (κ1) is 13.1. The average Bonchev–Trinajstić information content (AvgIpc) is 2.33. The first-order valence-electron chi connectivity index (χ1n) is 6.60. The molecule has 2 heteroatoms. The first-order chi connectivity index (χ1) is 8.15. The van der Waals surface area contributed by atoms with E-state index in [4.69, 9.17) is 0 Å². The van der Waals surface area contributed by atoms with Crippen LogP contribution in [0, 0.1) is 5.92 Å². The summed E-state index contributed by atoms with van der Waals surface area (Å²) in [7, 11) is 2.27. The van der Waals surface area contributed by atoms with E-state index in [1.165, 1.54) is 31.2 Å². The maximum atomic E-state index is 3.48. The van der Waals surface area contributed by atoms with Gasteiger partial charge in [0.15, 0.2) is 0 Å². The van der Waals surface area contributed by atoms with E-state index in [1.807, 2.05) is 0 Å². The summed E-state index contributed by atoms with van der Waals surface area (Å²) in [4.78, 5) is 2.52.